The van der Waals surface area contributed by atoms with Gasteiger partial charge in [0, 0.05) is 18.9 Å². The summed E-state index contributed by atoms with van der Waals surface area (Å²) in [5.74, 6) is -0.680. The van der Waals surface area contributed by atoms with E-state index >= 15 is 0 Å². The molecular formula is C10H15NO3. The van der Waals surface area contributed by atoms with E-state index in [1.165, 1.54) is 0 Å². The summed E-state index contributed by atoms with van der Waals surface area (Å²) in [6, 6.07) is 0. The second-order valence-corrected chi connectivity index (χ2v) is 4.20. The Labute approximate surface area is 82.7 Å². The second-order valence-electron chi connectivity index (χ2n) is 4.20. The summed E-state index contributed by atoms with van der Waals surface area (Å²) in [5.41, 5.74) is -1.23. The van der Waals surface area contributed by atoms with Gasteiger partial charge in [0.1, 0.15) is 5.60 Å². The molecule has 1 saturated heterocycles. The molecule has 0 aromatic carbocycles. The summed E-state index contributed by atoms with van der Waals surface area (Å²) in [5, 5.41) is 12.9. The molecule has 1 amide bonds. The van der Waals surface area contributed by atoms with Crippen molar-refractivity contribution in [3.8, 4) is 0 Å². The fraction of sp³-hybridized carbons (Fsp3) is 0.800. The summed E-state index contributed by atoms with van der Waals surface area (Å²) in [6.07, 6.45) is 1.34. The summed E-state index contributed by atoms with van der Waals surface area (Å²) in [7, 11) is 0. The first kappa shape index (κ1) is 9.65. The molecule has 3 unspecified atom stereocenters. The van der Waals surface area contributed by atoms with Crippen LogP contribution in [-0.2, 0) is 9.59 Å². The summed E-state index contributed by atoms with van der Waals surface area (Å²) in [6.45, 7) is 2.38. The van der Waals surface area contributed by atoms with Gasteiger partial charge in [-0.25, -0.2) is 0 Å². The fourth-order valence-electron chi connectivity index (χ4n) is 2.72. The number of rotatable bonds is 1. The fourth-order valence-corrected chi connectivity index (χ4v) is 2.72. The van der Waals surface area contributed by atoms with Gasteiger partial charge in [-0.3, -0.25) is 9.59 Å². The van der Waals surface area contributed by atoms with E-state index in [-0.39, 0.29) is 29.9 Å². The van der Waals surface area contributed by atoms with Crippen molar-refractivity contribution >= 4 is 11.7 Å². The molecule has 1 heterocycles. The van der Waals surface area contributed by atoms with E-state index < -0.39 is 5.60 Å². The van der Waals surface area contributed by atoms with E-state index in [9.17, 15) is 14.7 Å². The number of Topliss-reactive ketones (excluding diaryl/α,β-unsaturated/α-hetero) is 1. The number of nitrogens with one attached hydrogen (secondary N) is 1. The summed E-state index contributed by atoms with van der Waals surface area (Å²) >= 11 is 0. The molecule has 1 aliphatic carbocycles. The van der Waals surface area contributed by atoms with Crippen molar-refractivity contribution in [2.24, 2.45) is 11.8 Å². The standard InChI is InChI=1S/C10H15NO3/c1-2-10(14)7-3-4-11-9(13)6(7)5-8(10)12/h6-7,14H,2-5H2,1H3,(H,11,13). The van der Waals surface area contributed by atoms with Gasteiger partial charge in [-0.2, -0.15) is 0 Å². The van der Waals surface area contributed by atoms with Crippen LogP contribution in [0.25, 0.3) is 0 Å². The van der Waals surface area contributed by atoms with Crippen LogP contribution in [-0.4, -0.2) is 28.9 Å². The third-order valence-electron chi connectivity index (χ3n) is 3.62. The molecule has 3 atom stereocenters. The Balaban J connectivity index is 2.31. The molecule has 1 aliphatic heterocycles. The van der Waals surface area contributed by atoms with Gasteiger partial charge in [0.25, 0.3) is 0 Å². The topological polar surface area (TPSA) is 66.4 Å². The molecule has 2 fully saturated rings. The maximum absolute atomic E-state index is 11.6. The van der Waals surface area contributed by atoms with E-state index in [0.29, 0.717) is 19.4 Å². The third kappa shape index (κ3) is 1.10. The highest BCUT2D eigenvalue weighted by Crippen LogP contribution is 2.43. The van der Waals surface area contributed by atoms with Crippen LogP contribution in [0.15, 0.2) is 0 Å². The zero-order valence-corrected chi connectivity index (χ0v) is 8.25. The van der Waals surface area contributed by atoms with Crippen molar-refractivity contribution in [3.05, 3.63) is 0 Å². The molecule has 4 nitrogen and oxygen atoms in total. The minimum absolute atomic E-state index is 0.0704. The Bertz CT molecular complexity index is 289. The Morgan fingerprint density at radius 1 is 1.57 bits per heavy atom. The lowest BCUT2D eigenvalue weighted by Crippen LogP contribution is -2.48. The van der Waals surface area contributed by atoms with Crippen LogP contribution in [0.1, 0.15) is 26.2 Å². The first-order valence-electron chi connectivity index (χ1n) is 5.13. The van der Waals surface area contributed by atoms with Gasteiger partial charge in [-0.1, -0.05) is 6.92 Å². The molecule has 2 N–H and O–H groups in total. The molecule has 4 heteroatoms. The molecule has 78 valence electrons. The van der Waals surface area contributed by atoms with Crippen molar-refractivity contribution in [1.29, 1.82) is 0 Å². The molecule has 1 saturated carbocycles. The summed E-state index contributed by atoms with van der Waals surface area (Å²) < 4.78 is 0. The number of amides is 1. The zero-order chi connectivity index (χ0) is 10.3. The number of fused-ring (bicyclic) bond motifs is 1. The van der Waals surface area contributed by atoms with Crippen LogP contribution in [0.2, 0.25) is 0 Å². The third-order valence-corrected chi connectivity index (χ3v) is 3.62. The van der Waals surface area contributed by atoms with Crippen LogP contribution in [0.3, 0.4) is 0 Å². The molecular weight excluding hydrogens is 182 g/mol. The minimum atomic E-state index is -1.23. The maximum Gasteiger partial charge on any atom is 0.223 e. The smallest absolute Gasteiger partial charge is 0.223 e. The monoisotopic (exact) mass is 197 g/mol. The highest BCUT2D eigenvalue weighted by molar-refractivity contribution is 5.96. The Morgan fingerprint density at radius 3 is 2.93 bits per heavy atom. The predicted molar refractivity (Wildman–Crippen MR) is 49.5 cm³/mol. The zero-order valence-electron chi connectivity index (χ0n) is 8.25. The number of ketones is 1. The molecule has 0 spiro atoms. The first-order chi connectivity index (χ1) is 6.59. The lowest BCUT2D eigenvalue weighted by atomic mass is 9.79. The molecule has 0 aromatic heterocycles. The van der Waals surface area contributed by atoms with Crippen molar-refractivity contribution in [1.82, 2.24) is 5.32 Å². The number of piperidine rings is 1. The van der Waals surface area contributed by atoms with Crippen molar-refractivity contribution in [2.45, 2.75) is 31.8 Å². The molecule has 2 rings (SSSR count). The number of aliphatic hydroxyl groups is 1. The highest BCUT2D eigenvalue weighted by Gasteiger charge is 2.55. The van der Waals surface area contributed by atoms with Gasteiger partial charge in [0.2, 0.25) is 5.91 Å². The lowest BCUT2D eigenvalue weighted by molar-refractivity contribution is -0.138. The second kappa shape index (κ2) is 3.05. The van der Waals surface area contributed by atoms with Crippen LogP contribution in [0, 0.1) is 11.8 Å². The number of hydrogen-bond acceptors (Lipinski definition) is 3. The largest absolute Gasteiger partial charge is 0.382 e. The average Bonchev–Trinajstić information content (AvgIpc) is 2.43. The molecule has 2 aliphatic rings. The van der Waals surface area contributed by atoms with Gasteiger partial charge in [0.05, 0.1) is 5.92 Å². The normalized spacial score (nSPS) is 42.1. The van der Waals surface area contributed by atoms with E-state index in [4.69, 9.17) is 0 Å². The van der Waals surface area contributed by atoms with Crippen molar-refractivity contribution < 1.29 is 14.7 Å². The van der Waals surface area contributed by atoms with E-state index in [1.807, 2.05) is 0 Å². The average molecular weight is 197 g/mol. The summed E-state index contributed by atoms with van der Waals surface area (Å²) in [4.78, 5) is 23.1. The van der Waals surface area contributed by atoms with Crippen LogP contribution >= 0.6 is 0 Å². The lowest BCUT2D eigenvalue weighted by Gasteiger charge is -2.33. The maximum atomic E-state index is 11.6. The number of hydrogen-bond donors (Lipinski definition) is 2. The van der Waals surface area contributed by atoms with Crippen LogP contribution in [0.4, 0.5) is 0 Å². The van der Waals surface area contributed by atoms with Crippen molar-refractivity contribution in [3.63, 3.8) is 0 Å². The van der Waals surface area contributed by atoms with E-state index in [0.717, 1.165) is 0 Å². The quantitative estimate of drug-likeness (QED) is 0.614. The molecule has 0 aromatic rings. The molecule has 0 radical (unpaired) electrons. The van der Waals surface area contributed by atoms with Gasteiger partial charge < -0.3 is 10.4 Å². The van der Waals surface area contributed by atoms with Gasteiger partial charge in [0.15, 0.2) is 5.78 Å². The Kier molecular flexibility index (Phi) is 2.10. The van der Waals surface area contributed by atoms with Gasteiger partial charge in [-0.15, -0.1) is 0 Å². The SMILES string of the molecule is CCC1(O)C(=O)CC2C(=O)NCCC21. The Hall–Kier alpha value is -0.900. The molecule has 0 bridgehead atoms. The van der Waals surface area contributed by atoms with E-state index in [1.54, 1.807) is 6.92 Å². The predicted octanol–water partition coefficient (Wildman–Crippen LogP) is -0.147. The molecule has 14 heavy (non-hydrogen) atoms. The first-order valence-corrected chi connectivity index (χ1v) is 5.13. The van der Waals surface area contributed by atoms with Gasteiger partial charge >= 0.3 is 0 Å². The van der Waals surface area contributed by atoms with E-state index in [2.05, 4.69) is 5.32 Å². The van der Waals surface area contributed by atoms with Gasteiger partial charge in [-0.05, 0) is 12.8 Å². The number of carbonyl (C=O) groups is 2. The van der Waals surface area contributed by atoms with Crippen LogP contribution in [0.5, 0.6) is 0 Å². The number of carbonyl (C=O) groups excluding carboxylic acids is 2. The van der Waals surface area contributed by atoms with Crippen LogP contribution < -0.4 is 5.32 Å². The Morgan fingerprint density at radius 2 is 2.29 bits per heavy atom. The minimum Gasteiger partial charge on any atom is -0.382 e. The van der Waals surface area contributed by atoms with Crippen molar-refractivity contribution in [2.75, 3.05) is 6.54 Å². The highest BCUT2D eigenvalue weighted by atomic mass is 16.3.